The van der Waals surface area contributed by atoms with Gasteiger partial charge in [0.15, 0.2) is 5.76 Å². The van der Waals surface area contributed by atoms with E-state index in [0.29, 0.717) is 22.5 Å². The molecule has 0 atom stereocenters. The van der Waals surface area contributed by atoms with E-state index in [-0.39, 0.29) is 36.8 Å². The molecule has 140 valence electrons. The molecule has 0 spiro atoms. The minimum Gasteiger partial charge on any atom is -0.459 e. The van der Waals surface area contributed by atoms with E-state index in [0.717, 1.165) is 0 Å². The predicted octanol–water partition coefficient (Wildman–Crippen LogP) is 1.95. The maximum Gasteiger partial charge on any atom is 0.340 e. The maximum absolute atomic E-state index is 12.3. The lowest BCUT2D eigenvalue weighted by molar-refractivity contribution is 0.0376. The van der Waals surface area contributed by atoms with E-state index in [4.69, 9.17) is 9.15 Å². The second-order valence-corrected chi connectivity index (χ2v) is 6.07. The fraction of sp³-hybridized carbons (Fsp3) is 0.389. The molecule has 2 amide bonds. The van der Waals surface area contributed by atoms with E-state index in [2.05, 4.69) is 15.6 Å². The summed E-state index contributed by atoms with van der Waals surface area (Å²) in [6, 6.07) is 3.17. The SMILES string of the molecule is Cc1[nH]c(C(=O)NCCNC(=O)c2ccco2)c(C)c1C(=O)OC(C)C. The summed E-state index contributed by atoms with van der Waals surface area (Å²) in [4.78, 5) is 39.1. The van der Waals surface area contributed by atoms with Gasteiger partial charge in [-0.1, -0.05) is 0 Å². The Morgan fingerprint density at radius 1 is 1.15 bits per heavy atom. The van der Waals surface area contributed by atoms with E-state index in [9.17, 15) is 14.4 Å². The van der Waals surface area contributed by atoms with E-state index < -0.39 is 5.97 Å². The van der Waals surface area contributed by atoms with Gasteiger partial charge in [0.1, 0.15) is 5.69 Å². The molecule has 2 aromatic heterocycles. The average Bonchev–Trinajstić information content (AvgIpc) is 3.18. The minimum absolute atomic E-state index is 0.209. The lowest BCUT2D eigenvalue weighted by Crippen LogP contribution is -2.35. The number of aryl methyl sites for hydroxylation is 1. The zero-order chi connectivity index (χ0) is 19.3. The third-order valence-electron chi connectivity index (χ3n) is 3.65. The first-order valence-electron chi connectivity index (χ1n) is 8.31. The third kappa shape index (κ3) is 4.53. The zero-order valence-corrected chi connectivity index (χ0v) is 15.3. The van der Waals surface area contributed by atoms with E-state index in [1.54, 1.807) is 39.8 Å². The zero-order valence-electron chi connectivity index (χ0n) is 15.3. The van der Waals surface area contributed by atoms with Gasteiger partial charge in [0, 0.05) is 18.8 Å². The van der Waals surface area contributed by atoms with Gasteiger partial charge in [-0.3, -0.25) is 9.59 Å². The molecule has 2 rings (SSSR count). The van der Waals surface area contributed by atoms with Crippen molar-refractivity contribution in [2.24, 2.45) is 0 Å². The number of esters is 1. The molecular weight excluding hydrogens is 338 g/mol. The van der Waals surface area contributed by atoms with Gasteiger partial charge < -0.3 is 24.8 Å². The molecule has 0 unspecified atom stereocenters. The lowest BCUT2D eigenvalue weighted by Gasteiger charge is -2.08. The van der Waals surface area contributed by atoms with Crippen molar-refractivity contribution < 1.29 is 23.5 Å². The lowest BCUT2D eigenvalue weighted by atomic mass is 10.1. The Morgan fingerprint density at radius 3 is 2.38 bits per heavy atom. The van der Waals surface area contributed by atoms with E-state index in [1.807, 2.05) is 0 Å². The van der Waals surface area contributed by atoms with Gasteiger partial charge in [-0.05, 0) is 45.4 Å². The van der Waals surface area contributed by atoms with Crippen LogP contribution in [0.3, 0.4) is 0 Å². The second kappa shape index (κ2) is 8.37. The monoisotopic (exact) mass is 361 g/mol. The van der Waals surface area contributed by atoms with Crippen LogP contribution in [0.1, 0.15) is 56.5 Å². The molecular formula is C18H23N3O5. The molecule has 0 saturated heterocycles. The summed E-state index contributed by atoms with van der Waals surface area (Å²) in [5, 5.41) is 5.32. The van der Waals surface area contributed by atoms with Crippen LogP contribution < -0.4 is 10.6 Å². The van der Waals surface area contributed by atoms with E-state index in [1.165, 1.54) is 6.26 Å². The van der Waals surface area contributed by atoms with Gasteiger partial charge in [-0.15, -0.1) is 0 Å². The van der Waals surface area contributed by atoms with Crippen LogP contribution in [0.15, 0.2) is 22.8 Å². The van der Waals surface area contributed by atoms with Gasteiger partial charge in [0.25, 0.3) is 11.8 Å². The van der Waals surface area contributed by atoms with Crippen molar-refractivity contribution in [3.8, 4) is 0 Å². The number of H-pyrrole nitrogens is 1. The number of carbonyl (C=O) groups is 3. The normalized spacial score (nSPS) is 10.7. The Bertz CT molecular complexity index is 790. The molecule has 0 aliphatic rings. The summed E-state index contributed by atoms with van der Waals surface area (Å²) in [7, 11) is 0. The van der Waals surface area contributed by atoms with Crippen LogP contribution in [0.25, 0.3) is 0 Å². The van der Waals surface area contributed by atoms with Crippen LogP contribution >= 0.6 is 0 Å². The third-order valence-corrected chi connectivity index (χ3v) is 3.65. The highest BCUT2D eigenvalue weighted by Crippen LogP contribution is 2.19. The molecule has 2 aromatic rings. The summed E-state index contributed by atoms with van der Waals surface area (Å²) < 4.78 is 10.2. The Balaban J connectivity index is 1.91. The standard InChI is InChI=1S/C18H23N3O5/c1-10(2)26-18(24)14-11(3)15(21-12(14)4)17(23)20-8-7-19-16(22)13-6-5-9-25-13/h5-6,9-10,21H,7-8H2,1-4H3,(H,19,22)(H,20,23). The van der Waals surface area contributed by atoms with Crippen molar-refractivity contribution in [3.63, 3.8) is 0 Å². The molecule has 8 heteroatoms. The Morgan fingerprint density at radius 2 is 1.81 bits per heavy atom. The molecule has 26 heavy (non-hydrogen) atoms. The molecule has 0 aromatic carbocycles. The number of furan rings is 1. The molecule has 0 saturated carbocycles. The maximum atomic E-state index is 12.3. The van der Waals surface area contributed by atoms with Gasteiger partial charge in [-0.2, -0.15) is 0 Å². The van der Waals surface area contributed by atoms with Crippen molar-refractivity contribution in [1.29, 1.82) is 0 Å². The highest BCUT2D eigenvalue weighted by Gasteiger charge is 2.23. The smallest absolute Gasteiger partial charge is 0.340 e. The Hall–Kier alpha value is -3.03. The topological polar surface area (TPSA) is 113 Å². The quantitative estimate of drug-likeness (QED) is 0.515. The molecule has 0 fully saturated rings. The molecule has 0 aliphatic heterocycles. The molecule has 0 aliphatic carbocycles. The number of hydrogen-bond donors (Lipinski definition) is 3. The summed E-state index contributed by atoms with van der Waals surface area (Å²) in [5.41, 5.74) is 1.78. The van der Waals surface area contributed by atoms with Crippen LogP contribution in [0.4, 0.5) is 0 Å². The van der Waals surface area contributed by atoms with Crippen LogP contribution in [0, 0.1) is 13.8 Å². The number of nitrogens with one attached hydrogen (secondary N) is 3. The van der Waals surface area contributed by atoms with Gasteiger partial charge >= 0.3 is 5.97 Å². The Kier molecular flexibility index (Phi) is 6.21. The van der Waals surface area contributed by atoms with Crippen LogP contribution in [0.2, 0.25) is 0 Å². The minimum atomic E-state index is -0.462. The number of rotatable bonds is 7. The van der Waals surface area contributed by atoms with E-state index >= 15 is 0 Å². The summed E-state index contributed by atoms with van der Waals surface area (Å²) >= 11 is 0. The summed E-state index contributed by atoms with van der Waals surface area (Å²) in [5.74, 6) is -0.965. The number of hydrogen-bond acceptors (Lipinski definition) is 5. The second-order valence-electron chi connectivity index (χ2n) is 6.07. The fourth-order valence-electron chi connectivity index (χ4n) is 2.49. The average molecular weight is 361 g/mol. The first-order valence-corrected chi connectivity index (χ1v) is 8.31. The Labute approximate surface area is 151 Å². The van der Waals surface area contributed by atoms with Crippen molar-refractivity contribution in [2.75, 3.05) is 13.1 Å². The van der Waals surface area contributed by atoms with Crippen molar-refractivity contribution in [2.45, 2.75) is 33.8 Å². The number of aromatic amines is 1. The van der Waals surface area contributed by atoms with Gasteiger partial charge in [-0.25, -0.2) is 4.79 Å². The van der Waals surface area contributed by atoms with Gasteiger partial charge in [0.2, 0.25) is 0 Å². The molecule has 3 N–H and O–H groups in total. The van der Waals surface area contributed by atoms with Crippen molar-refractivity contribution >= 4 is 17.8 Å². The van der Waals surface area contributed by atoms with Crippen molar-refractivity contribution in [1.82, 2.24) is 15.6 Å². The first-order chi connectivity index (χ1) is 12.3. The summed E-state index contributed by atoms with van der Waals surface area (Å²) in [6.45, 7) is 7.40. The molecule has 2 heterocycles. The predicted molar refractivity (Wildman–Crippen MR) is 94.2 cm³/mol. The number of amides is 2. The van der Waals surface area contributed by atoms with Crippen LogP contribution in [0.5, 0.6) is 0 Å². The first kappa shape index (κ1) is 19.3. The number of aromatic nitrogens is 1. The number of carbonyl (C=O) groups excluding carboxylic acids is 3. The largest absolute Gasteiger partial charge is 0.459 e. The van der Waals surface area contributed by atoms with Crippen LogP contribution in [-0.2, 0) is 4.74 Å². The number of ether oxygens (including phenoxy) is 1. The van der Waals surface area contributed by atoms with Gasteiger partial charge in [0.05, 0.1) is 17.9 Å². The highest BCUT2D eigenvalue weighted by molar-refractivity contribution is 6.00. The highest BCUT2D eigenvalue weighted by atomic mass is 16.5. The van der Waals surface area contributed by atoms with Crippen molar-refractivity contribution in [3.05, 3.63) is 46.7 Å². The summed E-state index contributed by atoms with van der Waals surface area (Å²) in [6.07, 6.45) is 1.17. The molecule has 0 bridgehead atoms. The molecule has 0 radical (unpaired) electrons. The molecule has 8 nitrogen and oxygen atoms in total. The van der Waals surface area contributed by atoms with Crippen LogP contribution in [-0.4, -0.2) is 42.0 Å². The fourth-order valence-corrected chi connectivity index (χ4v) is 2.49.